The van der Waals surface area contributed by atoms with E-state index in [2.05, 4.69) is 33.0 Å². The maximum Gasteiger partial charge on any atom is 0.203 e. The van der Waals surface area contributed by atoms with E-state index in [9.17, 15) is 0 Å². The van der Waals surface area contributed by atoms with Crippen LogP contribution in [0.5, 0.6) is 0 Å². The molecule has 0 radical (unpaired) electrons. The van der Waals surface area contributed by atoms with Crippen molar-refractivity contribution in [3.05, 3.63) is 12.4 Å². The van der Waals surface area contributed by atoms with Gasteiger partial charge in [-0.2, -0.15) is 0 Å². The SMILES string of the molecule is CN(CCNc1nccn1C1CC1)C1CC1. The van der Waals surface area contributed by atoms with E-state index >= 15 is 0 Å². The second-order valence-corrected chi connectivity index (χ2v) is 5.03. The Bertz CT molecular complexity index is 352. The molecule has 1 aromatic rings. The van der Waals surface area contributed by atoms with Gasteiger partial charge in [0.15, 0.2) is 0 Å². The van der Waals surface area contributed by atoms with Crippen molar-refractivity contribution in [3.63, 3.8) is 0 Å². The molecular weight excluding hydrogens is 200 g/mol. The quantitative estimate of drug-likeness (QED) is 0.792. The molecule has 88 valence electrons. The van der Waals surface area contributed by atoms with Crippen LogP contribution in [0.25, 0.3) is 0 Å². The van der Waals surface area contributed by atoms with E-state index in [1.165, 1.54) is 25.7 Å². The molecule has 1 aromatic heterocycles. The predicted molar refractivity (Wildman–Crippen MR) is 64.6 cm³/mol. The van der Waals surface area contributed by atoms with E-state index in [1.54, 1.807) is 0 Å². The number of nitrogens with zero attached hydrogens (tertiary/aromatic N) is 3. The largest absolute Gasteiger partial charge is 0.354 e. The Labute approximate surface area is 96.7 Å². The van der Waals surface area contributed by atoms with E-state index in [0.717, 1.165) is 25.1 Å². The number of anilines is 1. The van der Waals surface area contributed by atoms with Gasteiger partial charge in [0.25, 0.3) is 0 Å². The molecule has 2 aliphatic carbocycles. The number of hydrogen-bond acceptors (Lipinski definition) is 3. The second kappa shape index (κ2) is 4.09. The predicted octanol–water partition coefficient (Wildman–Crippen LogP) is 1.72. The minimum atomic E-state index is 0.714. The highest BCUT2D eigenvalue weighted by molar-refractivity contribution is 5.27. The normalized spacial score (nSPS) is 20.4. The molecule has 4 nitrogen and oxygen atoms in total. The number of hydrogen-bond donors (Lipinski definition) is 1. The Hall–Kier alpha value is -1.03. The zero-order valence-corrected chi connectivity index (χ0v) is 9.89. The van der Waals surface area contributed by atoms with Crippen LogP contribution in [0, 0.1) is 0 Å². The summed E-state index contributed by atoms with van der Waals surface area (Å²) in [5.74, 6) is 1.05. The highest BCUT2D eigenvalue weighted by Gasteiger charge is 2.26. The molecule has 0 atom stereocenters. The first kappa shape index (κ1) is 10.1. The second-order valence-electron chi connectivity index (χ2n) is 5.03. The van der Waals surface area contributed by atoms with Gasteiger partial charge in [-0.3, -0.25) is 0 Å². The van der Waals surface area contributed by atoms with Crippen molar-refractivity contribution in [1.29, 1.82) is 0 Å². The summed E-state index contributed by atoms with van der Waals surface area (Å²) in [4.78, 5) is 6.81. The summed E-state index contributed by atoms with van der Waals surface area (Å²) in [6.07, 6.45) is 9.37. The van der Waals surface area contributed by atoms with Crippen LogP contribution in [0.2, 0.25) is 0 Å². The number of rotatable bonds is 6. The van der Waals surface area contributed by atoms with Gasteiger partial charge in [-0.1, -0.05) is 0 Å². The van der Waals surface area contributed by atoms with Gasteiger partial charge in [0.2, 0.25) is 5.95 Å². The van der Waals surface area contributed by atoms with E-state index in [-0.39, 0.29) is 0 Å². The van der Waals surface area contributed by atoms with Crippen molar-refractivity contribution in [1.82, 2.24) is 14.5 Å². The van der Waals surface area contributed by atoms with Crippen LogP contribution in [-0.2, 0) is 0 Å². The Balaban J connectivity index is 1.47. The molecule has 0 aromatic carbocycles. The van der Waals surface area contributed by atoms with Gasteiger partial charge in [0.05, 0.1) is 0 Å². The standard InChI is InChI=1S/C12H20N4/c1-15(10-2-3-10)8-6-13-12-14-7-9-16(12)11-4-5-11/h7,9-11H,2-6,8H2,1H3,(H,13,14). The molecule has 0 spiro atoms. The maximum atomic E-state index is 4.37. The number of likely N-dealkylation sites (N-methyl/N-ethyl adjacent to an activating group) is 1. The lowest BCUT2D eigenvalue weighted by atomic mass is 10.5. The fraction of sp³-hybridized carbons (Fsp3) is 0.750. The molecule has 2 saturated carbocycles. The number of aromatic nitrogens is 2. The van der Waals surface area contributed by atoms with Crippen LogP contribution >= 0.6 is 0 Å². The Morgan fingerprint density at radius 2 is 2.25 bits per heavy atom. The minimum absolute atomic E-state index is 0.714. The molecule has 4 heteroatoms. The molecule has 0 amide bonds. The zero-order chi connectivity index (χ0) is 11.0. The lowest BCUT2D eigenvalue weighted by Crippen LogP contribution is -2.27. The van der Waals surface area contributed by atoms with Crippen molar-refractivity contribution >= 4 is 5.95 Å². The van der Waals surface area contributed by atoms with Crippen molar-refractivity contribution in [3.8, 4) is 0 Å². The maximum absolute atomic E-state index is 4.37. The van der Waals surface area contributed by atoms with Crippen molar-refractivity contribution in [2.24, 2.45) is 0 Å². The summed E-state index contributed by atoms with van der Waals surface area (Å²) < 4.78 is 2.27. The Morgan fingerprint density at radius 3 is 2.94 bits per heavy atom. The monoisotopic (exact) mass is 220 g/mol. The minimum Gasteiger partial charge on any atom is -0.354 e. The van der Waals surface area contributed by atoms with Crippen LogP contribution in [0.3, 0.4) is 0 Å². The highest BCUT2D eigenvalue weighted by atomic mass is 15.2. The first-order valence-electron chi connectivity index (χ1n) is 6.31. The van der Waals surface area contributed by atoms with Gasteiger partial charge in [-0.25, -0.2) is 4.98 Å². The van der Waals surface area contributed by atoms with Crippen LogP contribution in [0.1, 0.15) is 31.7 Å². The van der Waals surface area contributed by atoms with Gasteiger partial charge in [0.1, 0.15) is 0 Å². The third-order valence-electron chi connectivity index (χ3n) is 3.53. The topological polar surface area (TPSA) is 33.1 Å². The van der Waals surface area contributed by atoms with Gasteiger partial charge in [-0.05, 0) is 32.7 Å². The number of nitrogens with one attached hydrogen (secondary N) is 1. The average molecular weight is 220 g/mol. The summed E-state index contributed by atoms with van der Waals surface area (Å²) in [6.45, 7) is 2.11. The first-order valence-corrected chi connectivity index (χ1v) is 6.31. The van der Waals surface area contributed by atoms with Gasteiger partial charge < -0.3 is 14.8 Å². The van der Waals surface area contributed by atoms with Crippen molar-refractivity contribution in [2.75, 3.05) is 25.5 Å². The van der Waals surface area contributed by atoms with Crippen LogP contribution < -0.4 is 5.32 Å². The fourth-order valence-corrected chi connectivity index (χ4v) is 2.14. The lowest BCUT2D eigenvalue weighted by Gasteiger charge is -2.16. The zero-order valence-electron chi connectivity index (χ0n) is 9.89. The van der Waals surface area contributed by atoms with Crippen LogP contribution in [-0.4, -0.2) is 40.6 Å². The summed E-state index contributed by atoms with van der Waals surface area (Å²) in [5, 5.41) is 3.44. The van der Waals surface area contributed by atoms with E-state index < -0.39 is 0 Å². The molecule has 0 unspecified atom stereocenters. The molecule has 2 aliphatic rings. The van der Waals surface area contributed by atoms with Gasteiger partial charge in [0, 0.05) is 37.6 Å². The molecule has 0 bridgehead atoms. The van der Waals surface area contributed by atoms with E-state index in [0.29, 0.717) is 6.04 Å². The summed E-state index contributed by atoms with van der Waals surface area (Å²) in [6, 6.07) is 1.57. The first-order chi connectivity index (χ1) is 7.84. The third kappa shape index (κ3) is 2.21. The molecule has 3 rings (SSSR count). The fourth-order valence-electron chi connectivity index (χ4n) is 2.14. The van der Waals surface area contributed by atoms with Gasteiger partial charge in [-0.15, -0.1) is 0 Å². The lowest BCUT2D eigenvalue weighted by molar-refractivity contribution is 0.337. The summed E-state index contributed by atoms with van der Waals surface area (Å²) in [5.41, 5.74) is 0. The molecule has 0 aliphatic heterocycles. The number of imidazole rings is 1. The Kier molecular flexibility index (Phi) is 2.59. The van der Waals surface area contributed by atoms with Crippen LogP contribution in [0.4, 0.5) is 5.95 Å². The highest BCUT2D eigenvalue weighted by Crippen LogP contribution is 2.36. The molecule has 1 N–H and O–H groups in total. The van der Waals surface area contributed by atoms with E-state index in [1.807, 2.05) is 6.20 Å². The molecule has 1 heterocycles. The summed E-state index contributed by atoms with van der Waals surface area (Å²) >= 11 is 0. The smallest absolute Gasteiger partial charge is 0.203 e. The molecule has 0 saturated heterocycles. The Morgan fingerprint density at radius 1 is 1.44 bits per heavy atom. The molecule has 16 heavy (non-hydrogen) atoms. The van der Waals surface area contributed by atoms with Gasteiger partial charge >= 0.3 is 0 Å². The van der Waals surface area contributed by atoms with Crippen molar-refractivity contribution < 1.29 is 0 Å². The average Bonchev–Trinajstić information content (AvgIpc) is 3.18. The van der Waals surface area contributed by atoms with Crippen molar-refractivity contribution in [2.45, 2.75) is 37.8 Å². The molecular formula is C12H20N4. The third-order valence-corrected chi connectivity index (χ3v) is 3.53. The summed E-state index contributed by atoms with van der Waals surface area (Å²) in [7, 11) is 2.21. The van der Waals surface area contributed by atoms with Crippen LogP contribution in [0.15, 0.2) is 12.4 Å². The van der Waals surface area contributed by atoms with E-state index in [4.69, 9.17) is 0 Å². The molecule has 2 fully saturated rings.